The van der Waals surface area contributed by atoms with Crippen molar-refractivity contribution in [3.63, 3.8) is 0 Å². The summed E-state index contributed by atoms with van der Waals surface area (Å²) in [6.07, 6.45) is 1.50. The van der Waals surface area contributed by atoms with Gasteiger partial charge in [0.05, 0.1) is 11.7 Å². The monoisotopic (exact) mass is 402 g/mol. The topological polar surface area (TPSA) is 78.4 Å². The van der Waals surface area contributed by atoms with E-state index in [9.17, 15) is 14.7 Å². The molecule has 0 aromatic heterocycles. The van der Waals surface area contributed by atoms with Crippen LogP contribution in [0.5, 0.6) is 5.75 Å². The number of aromatic hydroxyl groups is 1. The molecule has 0 bridgehead atoms. The van der Waals surface area contributed by atoms with Crippen molar-refractivity contribution in [3.05, 3.63) is 94.5 Å². The lowest BCUT2D eigenvalue weighted by Gasteiger charge is -2.19. The minimum absolute atomic E-state index is 0.0434. The molecule has 0 aliphatic heterocycles. The quantitative estimate of drug-likeness (QED) is 0.382. The van der Waals surface area contributed by atoms with Gasteiger partial charge in [0.15, 0.2) is 0 Å². The number of hydrogen-bond donors (Lipinski definition) is 3. The van der Waals surface area contributed by atoms with E-state index in [1.165, 1.54) is 0 Å². The van der Waals surface area contributed by atoms with E-state index in [-0.39, 0.29) is 12.2 Å². The van der Waals surface area contributed by atoms with Gasteiger partial charge in [0.25, 0.3) is 0 Å². The first-order valence-corrected chi connectivity index (χ1v) is 9.90. The molecule has 5 heteroatoms. The summed E-state index contributed by atoms with van der Waals surface area (Å²) >= 11 is 0. The summed E-state index contributed by atoms with van der Waals surface area (Å²) in [5, 5.41) is 16.3. The van der Waals surface area contributed by atoms with Crippen LogP contribution >= 0.6 is 0 Å². The van der Waals surface area contributed by atoms with E-state index in [0.717, 1.165) is 34.1 Å². The maximum absolute atomic E-state index is 12.6. The fourth-order valence-electron chi connectivity index (χ4n) is 3.39. The van der Waals surface area contributed by atoms with Gasteiger partial charge in [-0.25, -0.2) is 4.79 Å². The van der Waals surface area contributed by atoms with E-state index in [4.69, 9.17) is 0 Å². The van der Waals surface area contributed by atoms with Crippen LogP contribution < -0.4 is 10.6 Å². The van der Waals surface area contributed by atoms with Crippen LogP contribution in [0.4, 0.5) is 10.5 Å². The first kappa shape index (κ1) is 21.1. The molecular formula is C25H26N2O3. The van der Waals surface area contributed by atoms with Crippen molar-refractivity contribution in [3.8, 4) is 5.75 Å². The highest BCUT2D eigenvalue weighted by Gasteiger charge is 2.17. The zero-order chi connectivity index (χ0) is 21.5. The third-order valence-electron chi connectivity index (χ3n) is 4.94. The molecule has 0 spiro atoms. The van der Waals surface area contributed by atoms with Gasteiger partial charge in [-0.1, -0.05) is 66.2 Å². The van der Waals surface area contributed by atoms with E-state index >= 15 is 0 Å². The van der Waals surface area contributed by atoms with Crippen molar-refractivity contribution in [1.29, 1.82) is 0 Å². The van der Waals surface area contributed by atoms with Crippen molar-refractivity contribution in [2.24, 2.45) is 0 Å². The Morgan fingerprint density at radius 2 is 1.70 bits per heavy atom. The predicted octanol–water partition coefficient (Wildman–Crippen LogP) is 5.05. The SMILES string of the molecule is Cc1ccc([C@H](CC=O)NC(=O)Nc2cc(C)cc(Cc3ccccc3)c2O)cc1. The number of phenols is 1. The Labute approximate surface area is 176 Å². The first-order valence-electron chi connectivity index (χ1n) is 9.90. The van der Waals surface area contributed by atoms with Crippen LogP contribution in [-0.2, 0) is 11.2 Å². The third-order valence-corrected chi connectivity index (χ3v) is 4.94. The lowest BCUT2D eigenvalue weighted by Crippen LogP contribution is -2.33. The average Bonchev–Trinajstić information content (AvgIpc) is 2.72. The second-order valence-electron chi connectivity index (χ2n) is 7.45. The number of urea groups is 1. The summed E-state index contributed by atoms with van der Waals surface area (Å²) in [6.45, 7) is 3.89. The van der Waals surface area contributed by atoms with Crippen LogP contribution in [0.1, 0.15) is 40.3 Å². The van der Waals surface area contributed by atoms with E-state index in [2.05, 4.69) is 10.6 Å². The molecule has 3 rings (SSSR count). The molecule has 3 aromatic carbocycles. The van der Waals surface area contributed by atoms with Gasteiger partial charge < -0.3 is 20.5 Å². The maximum atomic E-state index is 12.6. The number of benzene rings is 3. The van der Waals surface area contributed by atoms with Gasteiger partial charge in [-0.05, 0) is 36.6 Å². The minimum atomic E-state index is -0.478. The first-order chi connectivity index (χ1) is 14.5. The molecule has 0 heterocycles. The molecule has 3 N–H and O–H groups in total. The van der Waals surface area contributed by atoms with Crippen molar-refractivity contribution in [2.75, 3.05) is 5.32 Å². The fraction of sp³-hybridized carbons (Fsp3) is 0.200. The van der Waals surface area contributed by atoms with Crippen LogP contribution in [0.25, 0.3) is 0 Å². The molecular weight excluding hydrogens is 376 g/mol. The second kappa shape index (κ2) is 9.74. The Hall–Kier alpha value is -3.60. The predicted molar refractivity (Wildman–Crippen MR) is 119 cm³/mol. The van der Waals surface area contributed by atoms with Gasteiger partial charge in [-0.2, -0.15) is 0 Å². The van der Waals surface area contributed by atoms with Crippen molar-refractivity contribution in [2.45, 2.75) is 32.7 Å². The highest BCUT2D eigenvalue weighted by Crippen LogP contribution is 2.31. The van der Waals surface area contributed by atoms with Crippen LogP contribution in [0.3, 0.4) is 0 Å². The van der Waals surface area contributed by atoms with Crippen molar-refractivity contribution in [1.82, 2.24) is 5.32 Å². The summed E-state index contributed by atoms with van der Waals surface area (Å²) in [6, 6.07) is 20.2. The number of amides is 2. The smallest absolute Gasteiger partial charge is 0.319 e. The van der Waals surface area contributed by atoms with Gasteiger partial charge in [-0.3, -0.25) is 0 Å². The molecule has 0 aliphatic rings. The molecule has 0 aliphatic carbocycles. The number of hydrogen-bond acceptors (Lipinski definition) is 3. The lowest BCUT2D eigenvalue weighted by molar-refractivity contribution is -0.108. The number of phenolic OH excluding ortho intramolecular Hbond substituents is 1. The maximum Gasteiger partial charge on any atom is 0.319 e. The third kappa shape index (κ3) is 5.47. The van der Waals surface area contributed by atoms with Crippen LogP contribution in [0, 0.1) is 13.8 Å². The zero-order valence-corrected chi connectivity index (χ0v) is 17.2. The Kier molecular flexibility index (Phi) is 6.86. The summed E-state index contributed by atoms with van der Waals surface area (Å²) in [5.74, 6) is 0.0434. The highest BCUT2D eigenvalue weighted by atomic mass is 16.3. The minimum Gasteiger partial charge on any atom is -0.505 e. The molecule has 1 atom stereocenters. The van der Waals surface area contributed by atoms with E-state index in [1.54, 1.807) is 6.07 Å². The summed E-state index contributed by atoms with van der Waals surface area (Å²) in [4.78, 5) is 23.7. The molecule has 0 saturated carbocycles. The number of anilines is 1. The summed E-state index contributed by atoms with van der Waals surface area (Å²) < 4.78 is 0. The number of carbonyl (C=O) groups excluding carboxylic acids is 2. The van der Waals surface area contributed by atoms with Gasteiger partial charge in [-0.15, -0.1) is 0 Å². The fourth-order valence-corrected chi connectivity index (χ4v) is 3.39. The zero-order valence-electron chi connectivity index (χ0n) is 17.2. The van der Waals surface area contributed by atoms with Gasteiger partial charge in [0.2, 0.25) is 0 Å². The van der Waals surface area contributed by atoms with Gasteiger partial charge in [0.1, 0.15) is 12.0 Å². The van der Waals surface area contributed by atoms with E-state index < -0.39 is 12.1 Å². The van der Waals surface area contributed by atoms with Gasteiger partial charge in [0, 0.05) is 18.4 Å². The van der Waals surface area contributed by atoms with Crippen LogP contribution in [-0.4, -0.2) is 17.4 Å². The molecule has 0 saturated heterocycles. The van der Waals surface area contributed by atoms with Gasteiger partial charge >= 0.3 is 6.03 Å². The molecule has 3 aromatic rings. The average molecular weight is 402 g/mol. The van der Waals surface area contributed by atoms with Crippen LogP contribution in [0.2, 0.25) is 0 Å². The number of rotatable bonds is 7. The Bertz CT molecular complexity index is 1010. The molecule has 30 heavy (non-hydrogen) atoms. The standard InChI is InChI=1S/C25H26N2O3/c1-17-8-10-20(11-9-17)22(12-13-28)26-25(30)27-23-15-18(2)14-21(24(23)29)16-19-6-4-3-5-7-19/h3-11,13-15,22,29H,12,16H2,1-2H3,(H2,26,27,30)/t22-/m0/s1. The van der Waals surface area contributed by atoms with Crippen molar-refractivity contribution >= 4 is 18.0 Å². The Morgan fingerprint density at radius 3 is 2.37 bits per heavy atom. The number of nitrogens with one attached hydrogen (secondary N) is 2. The number of aryl methyl sites for hydroxylation is 2. The number of carbonyl (C=O) groups is 2. The van der Waals surface area contributed by atoms with E-state index in [1.807, 2.05) is 74.5 Å². The Morgan fingerprint density at radius 1 is 1.00 bits per heavy atom. The summed E-state index contributed by atoms with van der Waals surface area (Å²) in [5.41, 5.74) is 5.02. The van der Waals surface area contributed by atoms with Crippen molar-refractivity contribution < 1.29 is 14.7 Å². The lowest BCUT2D eigenvalue weighted by atomic mass is 10.0. The molecule has 154 valence electrons. The molecule has 2 amide bonds. The molecule has 0 radical (unpaired) electrons. The molecule has 0 fully saturated rings. The van der Waals surface area contributed by atoms with Crippen LogP contribution in [0.15, 0.2) is 66.7 Å². The largest absolute Gasteiger partial charge is 0.505 e. The number of aldehydes is 1. The molecule has 5 nitrogen and oxygen atoms in total. The summed E-state index contributed by atoms with van der Waals surface area (Å²) in [7, 11) is 0. The highest BCUT2D eigenvalue weighted by molar-refractivity contribution is 5.91. The molecule has 0 unspecified atom stereocenters. The Balaban J connectivity index is 1.76. The second-order valence-corrected chi connectivity index (χ2v) is 7.45. The normalized spacial score (nSPS) is 11.5. The van der Waals surface area contributed by atoms with E-state index in [0.29, 0.717) is 12.1 Å².